The molecule has 3 aromatic heterocycles. The highest BCUT2D eigenvalue weighted by Gasteiger charge is 2.28. The number of nitrogens with zero attached hydrogens (tertiary/aromatic N) is 4. The third-order valence-electron chi connectivity index (χ3n) is 4.26. The van der Waals surface area contributed by atoms with E-state index in [1.165, 1.54) is 0 Å². The van der Waals surface area contributed by atoms with Crippen molar-refractivity contribution in [2.75, 3.05) is 13.1 Å². The number of aromatic amines is 1. The summed E-state index contributed by atoms with van der Waals surface area (Å²) in [6, 6.07) is 5.33. The van der Waals surface area contributed by atoms with Crippen LogP contribution in [-0.2, 0) is 0 Å². The van der Waals surface area contributed by atoms with Gasteiger partial charge >= 0.3 is 0 Å². The number of nitrogens with one attached hydrogen (secondary N) is 1. The topological polar surface area (TPSA) is 101 Å². The maximum absolute atomic E-state index is 12.6. The van der Waals surface area contributed by atoms with Crippen molar-refractivity contribution in [1.29, 1.82) is 0 Å². The van der Waals surface area contributed by atoms with E-state index in [1.807, 2.05) is 11.0 Å². The van der Waals surface area contributed by atoms with Crippen LogP contribution in [-0.4, -0.2) is 44.2 Å². The maximum atomic E-state index is 12.6. The predicted octanol–water partition coefficient (Wildman–Crippen LogP) is 2.38. The molecule has 4 rings (SSSR count). The van der Waals surface area contributed by atoms with E-state index < -0.39 is 0 Å². The average Bonchev–Trinajstić information content (AvgIpc) is 3.35. The highest BCUT2D eigenvalue weighted by Crippen LogP contribution is 2.27. The minimum absolute atomic E-state index is 0.0794. The fourth-order valence-corrected chi connectivity index (χ4v) is 2.96. The fourth-order valence-electron chi connectivity index (χ4n) is 2.96. The van der Waals surface area contributed by atoms with E-state index in [0.29, 0.717) is 42.0 Å². The van der Waals surface area contributed by atoms with Gasteiger partial charge in [0.2, 0.25) is 5.89 Å². The number of likely N-dealkylation sites (tertiary alicyclic amines) is 1. The summed E-state index contributed by atoms with van der Waals surface area (Å²) in [5.74, 6) is 2.11. The van der Waals surface area contributed by atoms with Gasteiger partial charge in [0, 0.05) is 25.1 Å². The number of H-pyrrole nitrogens is 1. The molecule has 0 aromatic carbocycles. The Bertz CT molecular complexity index is 828. The Kier molecular flexibility index (Phi) is 3.64. The number of piperidine rings is 1. The van der Waals surface area contributed by atoms with Gasteiger partial charge in [0.05, 0.1) is 6.26 Å². The van der Waals surface area contributed by atoms with Gasteiger partial charge in [-0.05, 0) is 31.9 Å². The van der Waals surface area contributed by atoms with Crippen molar-refractivity contribution in [2.24, 2.45) is 0 Å². The first kappa shape index (κ1) is 14.7. The van der Waals surface area contributed by atoms with E-state index in [1.54, 1.807) is 25.3 Å². The summed E-state index contributed by atoms with van der Waals surface area (Å²) in [5, 5.41) is 10.8. The Hall–Kier alpha value is -2.90. The van der Waals surface area contributed by atoms with Gasteiger partial charge in [-0.25, -0.2) is 0 Å². The second-order valence-electron chi connectivity index (χ2n) is 5.89. The molecule has 124 valence electrons. The lowest BCUT2D eigenvalue weighted by molar-refractivity contribution is 0.0698. The number of hydrogen-bond donors (Lipinski definition) is 1. The maximum Gasteiger partial charge on any atom is 0.274 e. The van der Waals surface area contributed by atoms with Crippen molar-refractivity contribution < 1.29 is 13.7 Å². The third kappa shape index (κ3) is 2.70. The molecule has 1 amide bonds. The molecule has 0 bridgehead atoms. The molecule has 0 aliphatic carbocycles. The minimum Gasteiger partial charge on any atom is -0.463 e. The largest absolute Gasteiger partial charge is 0.463 e. The number of hydrogen-bond acceptors (Lipinski definition) is 6. The summed E-state index contributed by atoms with van der Waals surface area (Å²) in [6.45, 7) is 3.10. The van der Waals surface area contributed by atoms with Crippen LogP contribution in [0.3, 0.4) is 0 Å². The van der Waals surface area contributed by atoms with Crippen LogP contribution < -0.4 is 0 Å². The van der Waals surface area contributed by atoms with E-state index in [2.05, 4.69) is 20.3 Å². The summed E-state index contributed by atoms with van der Waals surface area (Å²) < 4.78 is 10.5. The van der Waals surface area contributed by atoms with Crippen LogP contribution in [0.5, 0.6) is 0 Å². The van der Waals surface area contributed by atoms with Crippen molar-refractivity contribution in [3.05, 3.63) is 41.9 Å². The van der Waals surface area contributed by atoms with Crippen LogP contribution in [0, 0.1) is 6.92 Å². The van der Waals surface area contributed by atoms with E-state index in [4.69, 9.17) is 8.94 Å². The molecule has 1 aliphatic rings. The van der Waals surface area contributed by atoms with E-state index in [-0.39, 0.29) is 11.8 Å². The number of carbonyl (C=O) groups is 1. The number of amides is 1. The van der Waals surface area contributed by atoms with Gasteiger partial charge in [-0.2, -0.15) is 10.1 Å². The molecule has 8 heteroatoms. The van der Waals surface area contributed by atoms with Gasteiger partial charge < -0.3 is 13.8 Å². The summed E-state index contributed by atoms with van der Waals surface area (Å²) in [4.78, 5) is 18.7. The molecule has 1 saturated heterocycles. The number of aromatic nitrogens is 4. The number of rotatable bonds is 3. The van der Waals surface area contributed by atoms with E-state index in [0.717, 1.165) is 12.8 Å². The monoisotopic (exact) mass is 327 g/mol. The molecule has 0 saturated carbocycles. The summed E-state index contributed by atoms with van der Waals surface area (Å²) in [6.07, 6.45) is 3.20. The van der Waals surface area contributed by atoms with Gasteiger partial charge in [-0.3, -0.25) is 9.89 Å². The summed E-state index contributed by atoms with van der Waals surface area (Å²) in [7, 11) is 0. The number of carbonyl (C=O) groups excluding carboxylic acids is 1. The predicted molar refractivity (Wildman–Crippen MR) is 83.2 cm³/mol. The van der Waals surface area contributed by atoms with Gasteiger partial charge in [0.15, 0.2) is 17.3 Å². The molecular weight excluding hydrogens is 310 g/mol. The average molecular weight is 327 g/mol. The number of aryl methyl sites for hydroxylation is 1. The van der Waals surface area contributed by atoms with Gasteiger partial charge in [-0.1, -0.05) is 5.16 Å². The van der Waals surface area contributed by atoms with E-state index in [9.17, 15) is 4.79 Å². The standard InChI is InChI=1S/C16H17N5O3/c1-10-17-15(24-20-10)11-4-6-21(7-5-11)16(22)13-9-12(18-19-13)14-3-2-8-23-14/h2-3,8-9,11H,4-7H2,1H3,(H,18,19). The smallest absolute Gasteiger partial charge is 0.274 e. The molecule has 8 nitrogen and oxygen atoms in total. The van der Waals surface area contributed by atoms with Crippen LogP contribution in [0.4, 0.5) is 0 Å². The second-order valence-corrected chi connectivity index (χ2v) is 5.89. The van der Waals surface area contributed by atoms with Crippen molar-refractivity contribution in [2.45, 2.75) is 25.7 Å². The second kappa shape index (κ2) is 5.95. The molecule has 1 fully saturated rings. The molecule has 4 heterocycles. The number of furan rings is 1. The SMILES string of the molecule is Cc1noc(C2CCN(C(=O)c3cc(-c4ccco4)[nH]n3)CC2)n1. The zero-order chi connectivity index (χ0) is 16.5. The molecule has 0 spiro atoms. The quantitative estimate of drug-likeness (QED) is 0.792. The zero-order valence-electron chi connectivity index (χ0n) is 13.2. The molecule has 0 radical (unpaired) electrons. The van der Waals surface area contributed by atoms with Crippen LogP contribution in [0.1, 0.15) is 41.0 Å². The highest BCUT2D eigenvalue weighted by molar-refractivity contribution is 5.93. The van der Waals surface area contributed by atoms with Crippen LogP contribution in [0.2, 0.25) is 0 Å². The lowest BCUT2D eigenvalue weighted by Crippen LogP contribution is -2.38. The summed E-state index contributed by atoms with van der Waals surface area (Å²) >= 11 is 0. The lowest BCUT2D eigenvalue weighted by atomic mass is 9.96. The molecule has 0 atom stereocenters. The van der Waals surface area contributed by atoms with E-state index >= 15 is 0 Å². The molecule has 1 aliphatic heterocycles. The summed E-state index contributed by atoms with van der Waals surface area (Å²) in [5.41, 5.74) is 1.09. The van der Waals surface area contributed by atoms with Crippen molar-refractivity contribution >= 4 is 5.91 Å². The lowest BCUT2D eigenvalue weighted by Gasteiger charge is -2.29. The van der Waals surface area contributed by atoms with Crippen LogP contribution in [0.25, 0.3) is 11.5 Å². The zero-order valence-corrected chi connectivity index (χ0v) is 13.2. The molecule has 0 unspecified atom stereocenters. The van der Waals surface area contributed by atoms with Crippen molar-refractivity contribution in [3.8, 4) is 11.5 Å². The molecule has 3 aromatic rings. The van der Waals surface area contributed by atoms with Gasteiger partial charge in [0.1, 0.15) is 5.69 Å². The van der Waals surface area contributed by atoms with Gasteiger partial charge in [-0.15, -0.1) is 0 Å². The van der Waals surface area contributed by atoms with Crippen molar-refractivity contribution in [3.63, 3.8) is 0 Å². The van der Waals surface area contributed by atoms with Crippen LogP contribution in [0.15, 0.2) is 33.4 Å². The van der Waals surface area contributed by atoms with Crippen molar-refractivity contribution in [1.82, 2.24) is 25.2 Å². The third-order valence-corrected chi connectivity index (χ3v) is 4.26. The fraction of sp³-hybridized carbons (Fsp3) is 0.375. The Morgan fingerprint density at radius 1 is 1.38 bits per heavy atom. The normalized spacial score (nSPS) is 15.8. The minimum atomic E-state index is -0.0794. The van der Waals surface area contributed by atoms with Gasteiger partial charge in [0.25, 0.3) is 5.91 Å². The molecular formula is C16H17N5O3. The Labute approximate surface area is 137 Å². The first-order chi connectivity index (χ1) is 11.7. The highest BCUT2D eigenvalue weighted by atomic mass is 16.5. The Morgan fingerprint density at radius 3 is 2.88 bits per heavy atom. The first-order valence-electron chi connectivity index (χ1n) is 7.89. The Morgan fingerprint density at radius 2 is 2.21 bits per heavy atom. The molecule has 24 heavy (non-hydrogen) atoms. The molecule has 1 N–H and O–H groups in total. The Balaban J connectivity index is 1.41. The first-order valence-corrected chi connectivity index (χ1v) is 7.89. The van der Waals surface area contributed by atoms with Crippen LogP contribution >= 0.6 is 0 Å².